The van der Waals surface area contributed by atoms with Crippen molar-refractivity contribution in [2.75, 3.05) is 0 Å². The van der Waals surface area contributed by atoms with Gasteiger partial charge in [-0.2, -0.15) is 0 Å². The van der Waals surface area contributed by atoms with E-state index in [1.165, 1.54) is 0 Å². The molecule has 1 heterocycles. The molecule has 11 heavy (non-hydrogen) atoms. The fourth-order valence-electron chi connectivity index (χ4n) is 0.824. The van der Waals surface area contributed by atoms with Crippen LogP contribution in [0, 0.1) is 6.92 Å². The zero-order chi connectivity index (χ0) is 8.27. The average Bonchev–Trinajstić information content (AvgIpc) is 2.03. The maximum Gasteiger partial charge on any atom is 0.144 e. The summed E-state index contributed by atoms with van der Waals surface area (Å²) in [7, 11) is 0. The summed E-state index contributed by atoms with van der Waals surface area (Å²) in [5.41, 5.74) is 3.89. The second-order valence-electron chi connectivity index (χ2n) is 2.36. The number of aryl methyl sites for hydroxylation is 1. The molecular formula is C7H11N3O. The number of pyridine rings is 1. The molecule has 0 saturated heterocycles. The van der Waals surface area contributed by atoms with Crippen molar-refractivity contribution in [1.82, 2.24) is 10.4 Å². The summed E-state index contributed by atoms with van der Waals surface area (Å²) < 4.78 is 0. The molecule has 0 radical (unpaired) electrons. The van der Waals surface area contributed by atoms with Gasteiger partial charge in [-0.05, 0) is 18.6 Å². The van der Waals surface area contributed by atoms with Gasteiger partial charge in [0.05, 0.1) is 0 Å². The molecule has 1 aromatic rings. The van der Waals surface area contributed by atoms with Crippen LogP contribution in [0.4, 0.5) is 0 Å². The first-order chi connectivity index (χ1) is 5.24. The molecular weight excluding hydrogens is 142 g/mol. The predicted molar refractivity (Wildman–Crippen MR) is 41.3 cm³/mol. The van der Waals surface area contributed by atoms with Crippen LogP contribution in [0.5, 0.6) is 0 Å². The van der Waals surface area contributed by atoms with Crippen LogP contribution in [0.15, 0.2) is 18.5 Å². The summed E-state index contributed by atoms with van der Waals surface area (Å²) in [5.74, 6) is 5.03. The van der Waals surface area contributed by atoms with Gasteiger partial charge in [0, 0.05) is 18.0 Å². The lowest BCUT2D eigenvalue weighted by Crippen LogP contribution is -2.27. The van der Waals surface area contributed by atoms with Gasteiger partial charge in [-0.3, -0.25) is 10.8 Å². The fourth-order valence-corrected chi connectivity index (χ4v) is 0.824. The van der Waals surface area contributed by atoms with Crippen LogP contribution in [0.2, 0.25) is 0 Å². The highest BCUT2D eigenvalue weighted by molar-refractivity contribution is 5.17. The van der Waals surface area contributed by atoms with E-state index in [-0.39, 0.29) is 0 Å². The van der Waals surface area contributed by atoms with Crippen LogP contribution in [0.25, 0.3) is 0 Å². The first kappa shape index (κ1) is 8.13. The third-order valence-electron chi connectivity index (χ3n) is 1.37. The quantitative estimate of drug-likeness (QED) is 0.314. The largest absolute Gasteiger partial charge is 0.373 e. The Morgan fingerprint density at radius 2 is 2.36 bits per heavy atom. The van der Waals surface area contributed by atoms with E-state index in [9.17, 15) is 5.11 Å². The number of nitrogens with two attached hydrogens (primary N) is 1. The molecule has 0 aliphatic carbocycles. The van der Waals surface area contributed by atoms with Crippen molar-refractivity contribution in [2.45, 2.75) is 13.2 Å². The van der Waals surface area contributed by atoms with E-state index >= 15 is 0 Å². The number of rotatable bonds is 2. The molecule has 0 fully saturated rings. The van der Waals surface area contributed by atoms with Gasteiger partial charge in [0.1, 0.15) is 6.23 Å². The first-order valence-electron chi connectivity index (χ1n) is 3.30. The van der Waals surface area contributed by atoms with Gasteiger partial charge in [-0.25, -0.2) is 5.43 Å². The summed E-state index contributed by atoms with van der Waals surface area (Å²) in [5, 5.41) is 9.18. The van der Waals surface area contributed by atoms with Crippen LogP contribution in [-0.4, -0.2) is 10.1 Å². The van der Waals surface area contributed by atoms with E-state index in [0.717, 1.165) is 5.56 Å². The third kappa shape index (κ3) is 1.98. The van der Waals surface area contributed by atoms with Crippen LogP contribution in [0.3, 0.4) is 0 Å². The molecule has 4 N–H and O–H groups in total. The monoisotopic (exact) mass is 153 g/mol. The first-order valence-corrected chi connectivity index (χ1v) is 3.30. The molecule has 0 aromatic carbocycles. The second kappa shape index (κ2) is 3.43. The number of hydrogen-bond acceptors (Lipinski definition) is 4. The Balaban J connectivity index is 2.86. The Hall–Kier alpha value is -0.970. The van der Waals surface area contributed by atoms with Crippen LogP contribution < -0.4 is 11.3 Å². The number of nitrogens with one attached hydrogen (secondary N) is 1. The number of hydrazine groups is 1. The topological polar surface area (TPSA) is 71.2 Å². The zero-order valence-corrected chi connectivity index (χ0v) is 6.28. The minimum Gasteiger partial charge on any atom is -0.373 e. The molecule has 1 aromatic heterocycles. The van der Waals surface area contributed by atoms with Crippen molar-refractivity contribution in [3.05, 3.63) is 29.6 Å². The Morgan fingerprint density at radius 1 is 1.64 bits per heavy atom. The summed E-state index contributed by atoms with van der Waals surface area (Å²) in [6.45, 7) is 1.90. The van der Waals surface area contributed by atoms with Gasteiger partial charge in [0.25, 0.3) is 0 Å². The van der Waals surface area contributed by atoms with E-state index < -0.39 is 6.23 Å². The summed E-state index contributed by atoms with van der Waals surface area (Å²) >= 11 is 0. The smallest absolute Gasteiger partial charge is 0.144 e. The average molecular weight is 153 g/mol. The fraction of sp³-hybridized carbons (Fsp3) is 0.286. The Kier molecular flexibility index (Phi) is 2.53. The van der Waals surface area contributed by atoms with E-state index in [1.54, 1.807) is 12.4 Å². The molecule has 0 bridgehead atoms. The van der Waals surface area contributed by atoms with Crippen LogP contribution in [0.1, 0.15) is 17.4 Å². The standard InChI is InChI=1S/C7H11N3O/c1-5-2-6(4-9-3-5)7(11)10-8/h2-4,7,10-11H,8H2,1H3/t7-/m1/s1. The van der Waals surface area contributed by atoms with Crippen molar-refractivity contribution >= 4 is 0 Å². The highest BCUT2D eigenvalue weighted by Crippen LogP contribution is 2.07. The van der Waals surface area contributed by atoms with E-state index in [1.807, 2.05) is 13.0 Å². The number of nitrogens with zero attached hydrogens (tertiary/aromatic N) is 1. The second-order valence-corrected chi connectivity index (χ2v) is 2.36. The number of hydrogen-bond donors (Lipinski definition) is 3. The van der Waals surface area contributed by atoms with E-state index in [0.29, 0.717) is 5.56 Å². The molecule has 0 unspecified atom stereocenters. The maximum atomic E-state index is 9.18. The number of aliphatic hydroxyl groups excluding tert-OH is 1. The predicted octanol–water partition coefficient (Wildman–Crippen LogP) is -0.156. The molecule has 0 aliphatic heterocycles. The van der Waals surface area contributed by atoms with Gasteiger partial charge >= 0.3 is 0 Å². The lowest BCUT2D eigenvalue weighted by Gasteiger charge is -2.08. The highest BCUT2D eigenvalue weighted by atomic mass is 16.3. The molecule has 1 atom stereocenters. The summed E-state index contributed by atoms with van der Waals surface area (Å²) in [4.78, 5) is 3.90. The van der Waals surface area contributed by atoms with Crippen LogP contribution >= 0.6 is 0 Å². The van der Waals surface area contributed by atoms with Gasteiger partial charge < -0.3 is 5.11 Å². The van der Waals surface area contributed by atoms with Gasteiger partial charge in [0.15, 0.2) is 0 Å². The molecule has 4 nitrogen and oxygen atoms in total. The van der Waals surface area contributed by atoms with Crippen molar-refractivity contribution in [2.24, 2.45) is 5.84 Å². The summed E-state index contributed by atoms with van der Waals surface area (Å²) in [6, 6.07) is 1.82. The Bertz CT molecular complexity index is 239. The number of aromatic nitrogens is 1. The van der Waals surface area contributed by atoms with Crippen molar-refractivity contribution in [1.29, 1.82) is 0 Å². The van der Waals surface area contributed by atoms with Gasteiger partial charge in [0.2, 0.25) is 0 Å². The Morgan fingerprint density at radius 3 is 2.91 bits per heavy atom. The van der Waals surface area contributed by atoms with Gasteiger partial charge in [-0.1, -0.05) is 0 Å². The lowest BCUT2D eigenvalue weighted by molar-refractivity contribution is 0.139. The van der Waals surface area contributed by atoms with Gasteiger partial charge in [-0.15, -0.1) is 0 Å². The number of aliphatic hydroxyl groups is 1. The SMILES string of the molecule is Cc1cncc([C@@H](O)NN)c1. The molecule has 0 aliphatic rings. The minimum atomic E-state index is -0.831. The van der Waals surface area contributed by atoms with E-state index in [2.05, 4.69) is 10.4 Å². The molecule has 4 heteroatoms. The Labute approximate surface area is 65.0 Å². The minimum absolute atomic E-state index is 0.674. The van der Waals surface area contributed by atoms with Crippen molar-refractivity contribution < 1.29 is 5.11 Å². The molecule has 0 amide bonds. The van der Waals surface area contributed by atoms with Crippen LogP contribution in [-0.2, 0) is 0 Å². The molecule has 0 saturated carbocycles. The molecule has 1 rings (SSSR count). The van der Waals surface area contributed by atoms with Crippen molar-refractivity contribution in [3.63, 3.8) is 0 Å². The van der Waals surface area contributed by atoms with E-state index in [4.69, 9.17) is 5.84 Å². The zero-order valence-electron chi connectivity index (χ0n) is 6.28. The highest BCUT2D eigenvalue weighted by Gasteiger charge is 2.03. The third-order valence-corrected chi connectivity index (χ3v) is 1.37. The molecule has 60 valence electrons. The normalized spacial score (nSPS) is 13.0. The maximum absolute atomic E-state index is 9.18. The summed E-state index contributed by atoms with van der Waals surface area (Å²) in [6.07, 6.45) is 2.45. The van der Waals surface area contributed by atoms with Crippen molar-refractivity contribution in [3.8, 4) is 0 Å². The molecule has 0 spiro atoms. The lowest BCUT2D eigenvalue weighted by atomic mass is 10.2.